The lowest BCUT2D eigenvalue weighted by molar-refractivity contribution is 0.0979. The van der Waals surface area contributed by atoms with E-state index in [1.165, 1.54) is 70.6 Å². The molecule has 0 atom stereocenters. The number of carbonyl (C=O) groups excluding carboxylic acids is 1. The molecule has 26 heavy (non-hydrogen) atoms. The number of Topliss-reactive ketones (excluding diaryl/α,β-unsaturated/α-hetero) is 1. The normalized spacial score (nSPS) is 11.3. The Bertz CT molecular complexity index is 487. The minimum Gasteiger partial charge on any atom is -0.508 e. The fourth-order valence-electron chi connectivity index (χ4n) is 3.15. The summed E-state index contributed by atoms with van der Waals surface area (Å²) < 4.78 is 0. The van der Waals surface area contributed by atoms with E-state index < -0.39 is 0 Å². The van der Waals surface area contributed by atoms with Crippen LogP contribution in [0.5, 0.6) is 5.75 Å². The van der Waals surface area contributed by atoms with Crippen LogP contribution in [0, 0.1) is 0 Å². The Morgan fingerprint density at radius 3 is 1.85 bits per heavy atom. The zero-order valence-corrected chi connectivity index (χ0v) is 16.7. The first-order chi connectivity index (χ1) is 12.7. The Morgan fingerprint density at radius 2 is 1.27 bits per heavy atom. The van der Waals surface area contributed by atoms with Crippen LogP contribution in [0.4, 0.5) is 0 Å². The van der Waals surface area contributed by atoms with Crippen LogP contribution in [0.3, 0.4) is 0 Å². The number of phenols is 1. The number of allylic oxidation sites excluding steroid dienone is 2. The van der Waals surface area contributed by atoms with Crippen molar-refractivity contribution in [3.8, 4) is 5.75 Å². The summed E-state index contributed by atoms with van der Waals surface area (Å²) in [6.45, 7) is 2.26. The Kier molecular flexibility index (Phi) is 13.5. The molecule has 0 aliphatic carbocycles. The van der Waals surface area contributed by atoms with Crippen LogP contribution < -0.4 is 0 Å². The van der Waals surface area contributed by atoms with Gasteiger partial charge in [-0.05, 0) is 56.4 Å². The highest BCUT2D eigenvalue weighted by atomic mass is 16.3. The molecule has 0 unspecified atom stereocenters. The van der Waals surface area contributed by atoms with Gasteiger partial charge in [0.1, 0.15) is 5.75 Å². The molecule has 0 fully saturated rings. The van der Waals surface area contributed by atoms with Gasteiger partial charge < -0.3 is 5.11 Å². The number of hydrogen-bond donors (Lipinski definition) is 1. The van der Waals surface area contributed by atoms with E-state index in [1.807, 2.05) is 0 Å². The van der Waals surface area contributed by atoms with Crippen LogP contribution in [0.25, 0.3) is 0 Å². The molecule has 0 aliphatic rings. The average Bonchev–Trinajstić information content (AvgIpc) is 2.65. The molecule has 0 aliphatic heterocycles. The summed E-state index contributed by atoms with van der Waals surface area (Å²) in [5.41, 5.74) is 0.707. The van der Waals surface area contributed by atoms with Crippen LogP contribution in [0.2, 0.25) is 0 Å². The number of carbonyl (C=O) groups is 1. The quantitative estimate of drug-likeness (QED) is 0.187. The molecule has 0 aromatic heterocycles. The highest BCUT2D eigenvalue weighted by Crippen LogP contribution is 2.14. The molecule has 2 nitrogen and oxygen atoms in total. The predicted octanol–water partition coefficient (Wildman–Crippen LogP) is 7.61. The maximum Gasteiger partial charge on any atom is 0.162 e. The molecule has 146 valence electrons. The molecule has 1 aromatic carbocycles. The Labute approximate surface area is 160 Å². The van der Waals surface area contributed by atoms with Crippen molar-refractivity contribution in [2.45, 2.75) is 96.8 Å². The number of unbranched alkanes of at least 4 members (excludes halogenated alkanes) is 11. The summed E-state index contributed by atoms with van der Waals surface area (Å²) in [5, 5.41) is 9.24. The molecule has 0 amide bonds. The van der Waals surface area contributed by atoms with Crippen molar-refractivity contribution in [3.63, 3.8) is 0 Å². The standard InChI is InChI=1S/C24H38O2/c1-2-3-4-5-6-7-8-9-10-11-12-13-14-15-16-17-24(26)22-18-20-23(25)21-19-22/h9-10,18-21,25H,2-8,11-17H2,1H3. The molecule has 0 bridgehead atoms. The fraction of sp³-hybridized carbons (Fsp3) is 0.625. The van der Waals surface area contributed by atoms with E-state index in [4.69, 9.17) is 0 Å². The molecule has 0 saturated heterocycles. The van der Waals surface area contributed by atoms with Crippen LogP contribution in [-0.4, -0.2) is 10.9 Å². The van der Waals surface area contributed by atoms with E-state index in [9.17, 15) is 9.90 Å². The van der Waals surface area contributed by atoms with E-state index in [0.29, 0.717) is 12.0 Å². The highest BCUT2D eigenvalue weighted by molar-refractivity contribution is 5.96. The SMILES string of the molecule is CCCCCCCCC=CCCCCCCCC(=O)c1ccc(O)cc1. The van der Waals surface area contributed by atoms with E-state index >= 15 is 0 Å². The summed E-state index contributed by atoms with van der Waals surface area (Å²) in [6, 6.07) is 6.56. The van der Waals surface area contributed by atoms with Gasteiger partial charge in [-0.2, -0.15) is 0 Å². The van der Waals surface area contributed by atoms with Crippen LogP contribution in [0.1, 0.15) is 107 Å². The average molecular weight is 359 g/mol. The summed E-state index contributed by atoms with van der Waals surface area (Å²) in [4.78, 5) is 12.0. The first-order valence-electron chi connectivity index (χ1n) is 10.7. The van der Waals surface area contributed by atoms with E-state index in [1.54, 1.807) is 24.3 Å². The van der Waals surface area contributed by atoms with Crippen molar-refractivity contribution < 1.29 is 9.90 Å². The zero-order chi connectivity index (χ0) is 18.9. The van der Waals surface area contributed by atoms with Gasteiger partial charge in [0.15, 0.2) is 5.78 Å². The van der Waals surface area contributed by atoms with Crippen molar-refractivity contribution in [1.82, 2.24) is 0 Å². The van der Waals surface area contributed by atoms with Gasteiger partial charge in [-0.15, -0.1) is 0 Å². The van der Waals surface area contributed by atoms with E-state index in [-0.39, 0.29) is 11.5 Å². The number of phenolic OH excluding ortho intramolecular Hbond substituents is 1. The van der Waals surface area contributed by atoms with Crippen molar-refractivity contribution in [2.24, 2.45) is 0 Å². The van der Waals surface area contributed by atoms with Crippen LogP contribution in [0.15, 0.2) is 36.4 Å². The lowest BCUT2D eigenvalue weighted by Gasteiger charge is -2.02. The van der Waals surface area contributed by atoms with Crippen molar-refractivity contribution in [3.05, 3.63) is 42.0 Å². The summed E-state index contributed by atoms with van der Waals surface area (Å²) in [6.07, 6.45) is 21.8. The van der Waals surface area contributed by atoms with Crippen LogP contribution in [-0.2, 0) is 0 Å². The van der Waals surface area contributed by atoms with Gasteiger partial charge in [-0.25, -0.2) is 0 Å². The summed E-state index contributed by atoms with van der Waals surface area (Å²) >= 11 is 0. The Hall–Kier alpha value is -1.57. The fourth-order valence-corrected chi connectivity index (χ4v) is 3.15. The van der Waals surface area contributed by atoms with Crippen molar-refractivity contribution in [1.29, 1.82) is 0 Å². The maximum absolute atomic E-state index is 12.0. The smallest absolute Gasteiger partial charge is 0.162 e. The van der Waals surface area contributed by atoms with Gasteiger partial charge in [0.05, 0.1) is 0 Å². The first kappa shape index (κ1) is 22.5. The predicted molar refractivity (Wildman–Crippen MR) is 112 cm³/mol. The maximum atomic E-state index is 12.0. The molecule has 0 radical (unpaired) electrons. The highest BCUT2D eigenvalue weighted by Gasteiger charge is 2.05. The Morgan fingerprint density at radius 1 is 0.769 bits per heavy atom. The van der Waals surface area contributed by atoms with Crippen LogP contribution >= 0.6 is 0 Å². The molecule has 1 N–H and O–H groups in total. The monoisotopic (exact) mass is 358 g/mol. The molecule has 1 rings (SSSR count). The largest absolute Gasteiger partial charge is 0.508 e. The van der Waals surface area contributed by atoms with Gasteiger partial charge >= 0.3 is 0 Å². The third-order valence-electron chi connectivity index (χ3n) is 4.85. The summed E-state index contributed by atoms with van der Waals surface area (Å²) in [5.74, 6) is 0.394. The molecule has 2 heteroatoms. The first-order valence-corrected chi connectivity index (χ1v) is 10.7. The zero-order valence-electron chi connectivity index (χ0n) is 16.7. The van der Waals surface area contributed by atoms with Crippen molar-refractivity contribution >= 4 is 5.78 Å². The third kappa shape index (κ3) is 11.9. The van der Waals surface area contributed by atoms with Gasteiger partial charge in [0.2, 0.25) is 0 Å². The lowest BCUT2D eigenvalue weighted by atomic mass is 10.0. The molecule has 0 spiro atoms. The van der Waals surface area contributed by atoms with Crippen molar-refractivity contribution in [2.75, 3.05) is 0 Å². The number of rotatable bonds is 16. The minimum atomic E-state index is 0.183. The van der Waals surface area contributed by atoms with Gasteiger partial charge in [-0.3, -0.25) is 4.79 Å². The minimum absolute atomic E-state index is 0.183. The topological polar surface area (TPSA) is 37.3 Å². The van der Waals surface area contributed by atoms with Gasteiger partial charge in [0, 0.05) is 12.0 Å². The molecule has 1 aromatic rings. The second-order valence-electron chi connectivity index (χ2n) is 7.30. The van der Waals surface area contributed by atoms with Gasteiger partial charge in [0.25, 0.3) is 0 Å². The molecule has 0 saturated carbocycles. The number of hydrogen-bond acceptors (Lipinski definition) is 2. The molecule has 0 heterocycles. The Balaban J connectivity index is 1.88. The summed E-state index contributed by atoms with van der Waals surface area (Å²) in [7, 11) is 0. The number of benzene rings is 1. The molecular formula is C24H38O2. The van der Waals surface area contributed by atoms with E-state index in [2.05, 4.69) is 19.1 Å². The molecular weight excluding hydrogens is 320 g/mol. The second-order valence-corrected chi connectivity index (χ2v) is 7.30. The van der Waals surface area contributed by atoms with Gasteiger partial charge in [-0.1, -0.05) is 70.4 Å². The third-order valence-corrected chi connectivity index (χ3v) is 4.85. The number of aromatic hydroxyl groups is 1. The lowest BCUT2D eigenvalue weighted by Crippen LogP contribution is -1.98. The second kappa shape index (κ2) is 15.7. The van der Waals surface area contributed by atoms with E-state index in [0.717, 1.165) is 12.8 Å². The number of ketones is 1.